The summed E-state index contributed by atoms with van der Waals surface area (Å²) in [6.07, 6.45) is -1.77. The molecular formula is C13H15NO6P+. The van der Waals surface area contributed by atoms with Crippen LogP contribution in [0.1, 0.15) is 12.0 Å². The molecule has 0 aliphatic carbocycles. The van der Waals surface area contributed by atoms with Gasteiger partial charge in [0.1, 0.15) is 12.3 Å². The summed E-state index contributed by atoms with van der Waals surface area (Å²) in [6.45, 7) is -0.0129. The second-order valence-electron chi connectivity index (χ2n) is 4.00. The van der Waals surface area contributed by atoms with Crippen LogP contribution in [-0.4, -0.2) is 40.5 Å². The zero-order chi connectivity index (χ0) is 15.7. The van der Waals surface area contributed by atoms with Gasteiger partial charge in [-0.2, -0.15) is 4.99 Å². The minimum Gasteiger partial charge on any atom is -0.477 e. The third-order valence-corrected chi connectivity index (χ3v) is 3.47. The van der Waals surface area contributed by atoms with Crippen molar-refractivity contribution in [3.05, 3.63) is 35.9 Å². The Balaban J connectivity index is 2.56. The number of nitrogens with zero attached hydrogens (tertiary/aromatic N) is 1. The summed E-state index contributed by atoms with van der Waals surface area (Å²) in [5, 5.41) is 17.5. The molecule has 1 aromatic rings. The number of carboxylic acid groups (broad SMARTS) is 1. The summed E-state index contributed by atoms with van der Waals surface area (Å²) in [6, 6.07) is 8.87. The molecule has 21 heavy (non-hydrogen) atoms. The molecule has 0 bridgehead atoms. The fourth-order valence-electron chi connectivity index (χ4n) is 1.37. The highest BCUT2D eigenvalue weighted by molar-refractivity contribution is 7.44. The lowest BCUT2D eigenvalue weighted by molar-refractivity contribution is -0.129. The molecule has 0 heterocycles. The van der Waals surface area contributed by atoms with Crippen molar-refractivity contribution in [1.82, 2.24) is 0 Å². The zero-order valence-electron chi connectivity index (χ0n) is 11.1. The van der Waals surface area contributed by atoms with E-state index in [2.05, 4.69) is 4.99 Å². The van der Waals surface area contributed by atoms with E-state index in [1.165, 1.54) is 0 Å². The number of aliphatic carboxylic acids is 1. The average molecular weight is 312 g/mol. The van der Waals surface area contributed by atoms with E-state index in [1.54, 1.807) is 24.3 Å². The number of aliphatic hydroxyl groups excluding tert-OH is 1. The molecule has 1 atom stereocenters. The minimum absolute atomic E-state index is 0.0129. The number of amides is 1. The summed E-state index contributed by atoms with van der Waals surface area (Å²) in [5.74, 6) is -1.38. The Bertz CT molecular complexity index is 543. The number of aliphatic hydroxyl groups is 1. The van der Waals surface area contributed by atoms with E-state index < -0.39 is 31.9 Å². The number of hydrogen-bond acceptors (Lipinski definition) is 5. The lowest BCUT2D eigenvalue weighted by Crippen LogP contribution is -2.16. The molecule has 0 radical (unpaired) electrons. The van der Waals surface area contributed by atoms with Crippen molar-refractivity contribution in [1.29, 1.82) is 0 Å². The van der Waals surface area contributed by atoms with Crippen molar-refractivity contribution in [2.24, 2.45) is 4.99 Å². The topological polar surface area (TPSA) is 113 Å². The monoisotopic (exact) mass is 312 g/mol. The van der Waals surface area contributed by atoms with Crippen LogP contribution in [0.4, 0.5) is 4.79 Å². The first-order valence-electron chi connectivity index (χ1n) is 6.07. The van der Waals surface area contributed by atoms with Gasteiger partial charge in [0, 0.05) is 6.42 Å². The Morgan fingerprint density at radius 2 is 1.90 bits per heavy atom. The van der Waals surface area contributed by atoms with Gasteiger partial charge in [-0.1, -0.05) is 34.9 Å². The maximum absolute atomic E-state index is 11.5. The van der Waals surface area contributed by atoms with E-state index in [0.717, 1.165) is 5.56 Å². The van der Waals surface area contributed by atoms with Crippen LogP contribution in [-0.2, 0) is 20.7 Å². The average Bonchev–Trinajstić information content (AvgIpc) is 2.49. The largest absolute Gasteiger partial charge is 0.477 e. The molecular weight excluding hydrogens is 297 g/mol. The van der Waals surface area contributed by atoms with Crippen LogP contribution < -0.4 is 0 Å². The molecule has 2 N–H and O–H groups in total. The van der Waals surface area contributed by atoms with Gasteiger partial charge in [0.15, 0.2) is 6.16 Å². The Labute approximate surface area is 122 Å². The molecule has 0 saturated heterocycles. The third kappa shape index (κ3) is 6.74. The van der Waals surface area contributed by atoms with Crippen LogP contribution in [0.25, 0.3) is 0 Å². The van der Waals surface area contributed by atoms with Gasteiger partial charge in [-0.3, -0.25) is 0 Å². The van der Waals surface area contributed by atoms with Crippen LogP contribution in [0.5, 0.6) is 0 Å². The molecule has 0 spiro atoms. The number of benzene rings is 1. The second kappa shape index (κ2) is 8.94. The van der Waals surface area contributed by atoms with E-state index in [0.29, 0.717) is 0 Å². The minimum atomic E-state index is -1.90. The molecule has 0 aromatic heterocycles. The third-order valence-electron chi connectivity index (χ3n) is 2.43. The van der Waals surface area contributed by atoms with E-state index in [4.69, 9.17) is 14.9 Å². The quantitative estimate of drug-likeness (QED) is 0.588. The molecule has 0 saturated carbocycles. The molecule has 0 aliphatic rings. The lowest BCUT2D eigenvalue weighted by atomic mass is 10.2. The summed E-state index contributed by atoms with van der Waals surface area (Å²) < 4.78 is 15.9. The van der Waals surface area contributed by atoms with Gasteiger partial charge in [-0.25, -0.2) is 9.59 Å². The number of carboxylic acids is 1. The molecule has 1 unspecified atom stereocenters. The van der Waals surface area contributed by atoms with Gasteiger partial charge in [0.2, 0.25) is 6.35 Å². The Kier molecular flexibility index (Phi) is 7.21. The predicted octanol–water partition coefficient (Wildman–Crippen LogP) is 2.02. The number of hydrogen-bond donors (Lipinski definition) is 2. The van der Waals surface area contributed by atoms with Gasteiger partial charge < -0.3 is 14.9 Å². The lowest BCUT2D eigenvalue weighted by Gasteiger charge is -2.02. The fourth-order valence-corrected chi connectivity index (χ4v) is 1.98. The highest BCUT2D eigenvalue weighted by atomic mass is 31.1. The molecule has 7 nitrogen and oxygen atoms in total. The first kappa shape index (κ1) is 16.9. The van der Waals surface area contributed by atoms with Crippen LogP contribution in [0.2, 0.25) is 0 Å². The summed E-state index contributed by atoms with van der Waals surface area (Å²) in [7, 11) is -1.90. The summed E-state index contributed by atoms with van der Waals surface area (Å²) in [4.78, 5) is 25.7. The van der Waals surface area contributed by atoms with E-state index >= 15 is 0 Å². The molecule has 1 amide bonds. The SMILES string of the molecule is O=C(N=C(CC[P+](=O)CO)C(=O)O)OCc1ccccc1. The van der Waals surface area contributed by atoms with Crippen LogP contribution in [0.3, 0.4) is 0 Å². The Hall–Kier alpha value is -2.11. The molecule has 8 heteroatoms. The predicted molar refractivity (Wildman–Crippen MR) is 75.9 cm³/mol. The maximum Gasteiger partial charge on any atom is 0.434 e. The second-order valence-corrected chi connectivity index (χ2v) is 5.69. The number of carbonyl (C=O) groups is 2. The van der Waals surface area contributed by atoms with Crippen molar-refractivity contribution in [3.8, 4) is 0 Å². The van der Waals surface area contributed by atoms with Crippen LogP contribution in [0, 0.1) is 0 Å². The number of rotatable bonds is 7. The van der Waals surface area contributed by atoms with E-state index in [9.17, 15) is 14.2 Å². The van der Waals surface area contributed by atoms with Crippen molar-refractivity contribution < 1.29 is 29.1 Å². The standard InChI is InChI=1S/C13H14NO6P/c15-9-21(19)7-6-11(12(16)17)14-13(18)20-8-10-4-2-1-3-5-10/h1-5,15H,6-9H2/p+1. The molecule has 0 fully saturated rings. The molecule has 112 valence electrons. The van der Waals surface area contributed by atoms with Crippen molar-refractivity contribution in [2.75, 3.05) is 12.5 Å². The van der Waals surface area contributed by atoms with Crippen molar-refractivity contribution in [3.63, 3.8) is 0 Å². The van der Waals surface area contributed by atoms with Crippen LogP contribution >= 0.6 is 7.80 Å². The fraction of sp³-hybridized carbons (Fsp3) is 0.308. The van der Waals surface area contributed by atoms with Gasteiger partial charge in [-0.05, 0) is 5.56 Å². The zero-order valence-corrected chi connectivity index (χ0v) is 12.0. The molecule has 0 aliphatic heterocycles. The van der Waals surface area contributed by atoms with Gasteiger partial charge in [0.25, 0.3) is 0 Å². The van der Waals surface area contributed by atoms with E-state index in [-0.39, 0.29) is 19.2 Å². The van der Waals surface area contributed by atoms with Crippen molar-refractivity contribution in [2.45, 2.75) is 13.0 Å². The number of carbonyl (C=O) groups excluding carboxylic acids is 1. The maximum atomic E-state index is 11.5. The van der Waals surface area contributed by atoms with E-state index in [1.807, 2.05) is 6.07 Å². The first-order valence-corrected chi connectivity index (χ1v) is 7.70. The number of aliphatic imine (C=N–C) groups is 1. The van der Waals surface area contributed by atoms with Gasteiger partial charge in [0.05, 0.1) is 0 Å². The number of ether oxygens (including phenoxy) is 1. The highest BCUT2D eigenvalue weighted by Crippen LogP contribution is 2.19. The molecule has 1 aromatic carbocycles. The Morgan fingerprint density at radius 1 is 1.24 bits per heavy atom. The van der Waals surface area contributed by atoms with Crippen molar-refractivity contribution >= 4 is 25.6 Å². The normalized spacial score (nSPS) is 11.9. The van der Waals surface area contributed by atoms with Crippen LogP contribution in [0.15, 0.2) is 35.3 Å². The summed E-state index contributed by atoms with van der Waals surface area (Å²) >= 11 is 0. The summed E-state index contributed by atoms with van der Waals surface area (Å²) in [5.41, 5.74) is 0.311. The molecule has 1 rings (SSSR count). The first-order chi connectivity index (χ1) is 10.0. The van der Waals surface area contributed by atoms with Gasteiger partial charge in [-0.15, -0.1) is 0 Å². The Morgan fingerprint density at radius 3 is 2.48 bits per heavy atom. The highest BCUT2D eigenvalue weighted by Gasteiger charge is 2.19. The smallest absolute Gasteiger partial charge is 0.434 e. The van der Waals surface area contributed by atoms with Gasteiger partial charge >= 0.3 is 19.9 Å².